The Hall–Kier alpha value is -2.82. The summed E-state index contributed by atoms with van der Waals surface area (Å²) in [6.07, 6.45) is 2.79. The molecule has 5 heteroatoms. The van der Waals surface area contributed by atoms with Gasteiger partial charge in [-0.15, -0.1) is 0 Å². The van der Waals surface area contributed by atoms with Crippen LogP contribution in [0.4, 0.5) is 5.69 Å². The topological polar surface area (TPSA) is 64.6 Å². The van der Waals surface area contributed by atoms with E-state index < -0.39 is 0 Å². The standard InChI is InChI=1S/C20H21NO4/c22-19(14-25-20(23)16-7-4-8-16)21-17-9-11-18(12-10-17)24-13-15-5-2-1-3-6-15/h1-3,5-6,9-12,16H,4,7-8,13-14H2,(H,21,22). The summed E-state index contributed by atoms with van der Waals surface area (Å²) in [5.41, 5.74) is 1.73. The number of benzene rings is 2. The Labute approximate surface area is 147 Å². The highest BCUT2D eigenvalue weighted by molar-refractivity contribution is 5.93. The molecule has 0 heterocycles. The van der Waals surface area contributed by atoms with E-state index in [-0.39, 0.29) is 24.4 Å². The van der Waals surface area contributed by atoms with Gasteiger partial charge in [-0.1, -0.05) is 36.8 Å². The van der Waals surface area contributed by atoms with Crippen LogP contribution in [0.25, 0.3) is 0 Å². The Bertz CT molecular complexity index is 708. The lowest BCUT2D eigenvalue weighted by Crippen LogP contribution is -2.28. The van der Waals surface area contributed by atoms with Crippen LogP contribution in [0.15, 0.2) is 54.6 Å². The molecule has 0 unspecified atom stereocenters. The fraction of sp³-hybridized carbons (Fsp3) is 0.300. The minimum atomic E-state index is -0.342. The lowest BCUT2D eigenvalue weighted by molar-refractivity contribution is -0.154. The molecule has 1 aliphatic rings. The van der Waals surface area contributed by atoms with E-state index in [1.165, 1.54) is 0 Å². The van der Waals surface area contributed by atoms with Crippen molar-refractivity contribution in [3.8, 4) is 5.75 Å². The molecule has 1 amide bonds. The van der Waals surface area contributed by atoms with E-state index in [0.717, 1.165) is 30.6 Å². The summed E-state index contributed by atoms with van der Waals surface area (Å²) in [5, 5.41) is 2.70. The van der Waals surface area contributed by atoms with E-state index >= 15 is 0 Å². The number of hydrogen-bond acceptors (Lipinski definition) is 4. The van der Waals surface area contributed by atoms with Crippen molar-refractivity contribution in [2.45, 2.75) is 25.9 Å². The molecule has 0 saturated heterocycles. The first-order valence-electron chi connectivity index (χ1n) is 8.44. The maximum Gasteiger partial charge on any atom is 0.309 e. The van der Waals surface area contributed by atoms with E-state index in [0.29, 0.717) is 12.3 Å². The molecule has 1 N–H and O–H groups in total. The van der Waals surface area contributed by atoms with Crippen molar-refractivity contribution in [3.63, 3.8) is 0 Å². The molecule has 0 aromatic heterocycles. The van der Waals surface area contributed by atoms with Crippen LogP contribution in [0, 0.1) is 5.92 Å². The second-order valence-electron chi connectivity index (χ2n) is 6.08. The zero-order chi connectivity index (χ0) is 17.5. The van der Waals surface area contributed by atoms with Crippen molar-refractivity contribution in [3.05, 3.63) is 60.2 Å². The highest BCUT2D eigenvalue weighted by Gasteiger charge is 2.27. The molecule has 0 radical (unpaired) electrons. The van der Waals surface area contributed by atoms with Gasteiger partial charge in [0.1, 0.15) is 12.4 Å². The highest BCUT2D eigenvalue weighted by Crippen LogP contribution is 2.27. The lowest BCUT2D eigenvalue weighted by Gasteiger charge is -2.22. The van der Waals surface area contributed by atoms with Gasteiger partial charge in [0.15, 0.2) is 6.61 Å². The number of amides is 1. The number of anilines is 1. The summed E-state index contributed by atoms with van der Waals surface area (Å²) in [6.45, 7) is 0.241. The summed E-state index contributed by atoms with van der Waals surface area (Å²) in [6, 6.07) is 17.0. The molecular formula is C20H21NO4. The van der Waals surface area contributed by atoms with E-state index in [4.69, 9.17) is 9.47 Å². The first kappa shape index (κ1) is 17.0. The fourth-order valence-corrected chi connectivity index (χ4v) is 2.47. The quantitative estimate of drug-likeness (QED) is 0.784. The molecule has 2 aromatic rings. The normalized spacial score (nSPS) is 13.6. The smallest absolute Gasteiger partial charge is 0.309 e. The van der Waals surface area contributed by atoms with E-state index in [1.54, 1.807) is 24.3 Å². The monoisotopic (exact) mass is 339 g/mol. The van der Waals surface area contributed by atoms with E-state index in [9.17, 15) is 9.59 Å². The summed E-state index contributed by atoms with van der Waals surface area (Å²) in [4.78, 5) is 23.4. The molecular weight excluding hydrogens is 318 g/mol. The molecule has 1 saturated carbocycles. The van der Waals surface area contributed by atoms with Gasteiger partial charge < -0.3 is 14.8 Å². The van der Waals surface area contributed by atoms with Crippen molar-refractivity contribution in [2.24, 2.45) is 5.92 Å². The molecule has 0 atom stereocenters. The van der Waals surface area contributed by atoms with Crippen molar-refractivity contribution in [1.29, 1.82) is 0 Å². The third-order valence-electron chi connectivity index (χ3n) is 4.17. The number of nitrogens with one attached hydrogen (secondary N) is 1. The molecule has 1 aliphatic carbocycles. The largest absolute Gasteiger partial charge is 0.489 e. The number of ether oxygens (including phenoxy) is 2. The maximum absolute atomic E-state index is 11.8. The Morgan fingerprint density at radius 2 is 1.72 bits per heavy atom. The van der Waals surface area contributed by atoms with Crippen LogP contribution in [-0.4, -0.2) is 18.5 Å². The van der Waals surface area contributed by atoms with Gasteiger partial charge in [-0.2, -0.15) is 0 Å². The molecule has 0 aliphatic heterocycles. The van der Waals surface area contributed by atoms with Gasteiger partial charge in [-0.05, 0) is 42.7 Å². The van der Waals surface area contributed by atoms with Crippen LogP contribution < -0.4 is 10.1 Å². The summed E-state index contributed by atoms with van der Waals surface area (Å²) >= 11 is 0. The SMILES string of the molecule is O=C(COC(=O)C1CCC1)Nc1ccc(OCc2ccccc2)cc1. The average molecular weight is 339 g/mol. The van der Waals surface area contributed by atoms with Crippen molar-refractivity contribution in [1.82, 2.24) is 0 Å². The molecule has 2 aromatic carbocycles. The third kappa shape index (κ3) is 5.08. The lowest BCUT2D eigenvalue weighted by atomic mass is 9.86. The van der Waals surface area contributed by atoms with Gasteiger partial charge in [0, 0.05) is 5.69 Å². The van der Waals surface area contributed by atoms with E-state index in [2.05, 4.69) is 5.32 Å². The Morgan fingerprint density at radius 3 is 2.36 bits per heavy atom. The van der Waals surface area contributed by atoms with Gasteiger partial charge in [-0.3, -0.25) is 9.59 Å². The predicted octanol–water partition coefficient (Wildman–Crippen LogP) is 3.55. The van der Waals surface area contributed by atoms with Crippen LogP contribution >= 0.6 is 0 Å². The minimum absolute atomic E-state index is 0.0196. The fourth-order valence-electron chi connectivity index (χ4n) is 2.47. The molecule has 0 spiro atoms. The van der Waals surface area contributed by atoms with E-state index in [1.807, 2.05) is 30.3 Å². The second kappa shape index (κ2) is 8.33. The van der Waals surface area contributed by atoms with Gasteiger partial charge in [0.05, 0.1) is 5.92 Å². The zero-order valence-corrected chi connectivity index (χ0v) is 13.9. The van der Waals surface area contributed by atoms with Crippen molar-refractivity contribution < 1.29 is 19.1 Å². The second-order valence-corrected chi connectivity index (χ2v) is 6.08. The Balaban J connectivity index is 1.42. The van der Waals surface area contributed by atoms with Gasteiger partial charge in [0.25, 0.3) is 5.91 Å². The third-order valence-corrected chi connectivity index (χ3v) is 4.17. The van der Waals surface area contributed by atoms with Crippen molar-refractivity contribution in [2.75, 3.05) is 11.9 Å². The van der Waals surface area contributed by atoms with Crippen LogP contribution in [0.5, 0.6) is 5.75 Å². The van der Waals surface area contributed by atoms with Crippen LogP contribution in [0.2, 0.25) is 0 Å². The summed E-state index contributed by atoms with van der Waals surface area (Å²) < 4.78 is 10.7. The number of carbonyl (C=O) groups is 2. The van der Waals surface area contributed by atoms with Crippen LogP contribution in [0.1, 0.15) is 24.8 Å². The average Bonchev–Trinajstić information content (AvgIpc) is 2.59. The number of hydrogen-bond donors (Lipinski definition) is 1. The maximum atomic E-state index is 11.8. The summed E-state index contributed by atoms with van der Waals surface area (Å²) in [7, 11) is 0. The molecule has 1 fully saturated rings. The summed E-state index contributed by atoms with van der Waals surface area (Å²) in [5.74, 6) is 0.0868. The Morgan fingerprint density at radius 1 is 1.00 bits per heavy atom. The minimum Gasteiger partial charge on any atom is -0.489 e. The van der Waals surface area contributed by atoms with Gasteiger partial charge >= 0.3 is 5.97 Å². The number of carbonyl (C=O) groups excluding carboxylic acids is 2. The molecule has 130 valence electrons. The highest BCUT2D eigenvalue weighted by atomic mass is 16.5. The van der Waals surface area contributed by atoms with Gasteiger partial charge in [-0.25, -0.2) is 0 Å². The zero-order valence-electron chi connectivity index (χ0n) is 13.9. The molecule has 5 nitrogen and oxygen atoms in total. The number of rotatable bonds is 7. The van der Waals surface area contributed by atoms with Crippen LogP contribution in [-0.2, 0) is 20.9 Å². The predicted molar refractivity (Wildman–Crippen MR) is 94.1 cm³/mol. The first-order valence-corrected chi connectivity index (χ1v) is 8.44. The molecule has 0 bridgehead atoms. The molecule has 3 rings (SSSR count). The van der Waals surface area contributed by atoms with Crippen molar-refractivity contribution >= 4 is 17.6 Å². The van der Waals surface area contributed by atoms with Crippen LogP contribution in [0.3, 0.4) is 0 Å². The number of esters is 1. The van der Waals surface area contributed by atoms with Gasteiger partial charge in [0.2, 0.25) is 0 Å². The first-order chi connectivity index (χ1) is 12.2. The molecule has 25 heavy (non-hydrogen) atoms. The Kier molecular flexibility index (Phi) is 5.67.